The monoisotopic (exact) mass is 297 g/mol. The Kier molecular flexibility index (Phi) is 5.08. The van der Waals surface area contributed by atoms with Crippen LogP contribution < -0.4 is 5.32 Å². The van der Waals surface area contributed by atoms with Crippen LogP contribution in [-0.2, 0) is 14.3 Å². The van der Waals surface area contributed by atoms with Crippen LogP contribution in [-0.4, -0.2) is 48.5 Å². The van der Waals surface area contributed by atoms with Crippen molar-refractivity contribution in [1.29, 1.82) is 0 Å². The number of hydrogen-bond donors (Lipinski definition) is 1. The lowest BCUT2D eigenvalue weighted by molar-refractivity contribution is -0.138. The molecular formula is C13H19N3O3S. The van der Waals surface area contributed by atoms with Gasteiger partial charge in [0.1, 0.15) is 6.61 Å². The second kappa shape index (κ2) is 6.81. The smallest absolute Gasteiger partial charge is 0.248 e. The zero-order chi connectivity index (χ0) is 14.5. The van der Waals surface area contributed by atoms with Crippen LogP contribution >= 0.6 is 11.3 Å². The first kappa shape index (κ1) is 14.9. The lowest BCUT2D eigenvalue weighted by Gasteiger charge is -2.31. The fourth-order valence-electron chi connectivity index (χ4n) is 2.22. The van der Waals surface area contributed by atoms with E-state index >= 15 is 0 Å². The molecule has 1 N–H and O–H groups in total. The zero-order valence-corrected chi connectivity index (χ0v) is 12.5. The molecule has 0 aromatic carbocycles. The number of carbonyl (C=O) groups excluding carboxylic acids is 2. The van der Waals surface area contributed by atoms with E-state index in [0.29, 0.717) is 31.1 Å². The van der Waals surface area contributed by atoms with Gasteiger partial charge < -0.3 is 15.0 Å². The standard InChI is InChI=1S/C13H19N3O3S/c1-9-8-20-13(14-9)15-12(18)10-3-5-16(6-4-10)11(17)7-19-2/h8,10H,3-7H2,1-2H3,(H,14,15,18). The van der Waals surface area contributed by atoms with E-state index in [0.717, 1.165) is 5.69 Å². The predicted octanol–water partition coefficient (Wildman–Crippen LogP) is 1.28. The number of aromatic nitrogens is 1. The Balaban J connectivity index is 1.81. The molecule has 6 nitrogen and oxygen atoms in total. The third-order valence-electron chi connectivity index (χ3n) is 3.34. The van der Waals surface area contributed by atoms with Gasteiger partial charge in [0.05, 0.1) is 5.69 Å². The summed E-state index contributed by atoms with van der Waals surface area (Å²) in [4.78, 5) is 29.7. The number of amides is 2. The van der Waals surface area contributed by atoms with Gasteiger partial charge in [0, 0.05) is 31.5 Å². The van der Waals surface area contributed by atoms with Crippen molar-refractivity contribution in [3.63, 3.8) is 0 Å². The van der Waals surface area contributed by atoms with Gasteiger partial charge in [-0.05, 0) is 19.8 Å². The van der Waals surface area contributed by atoms with E-state index in [1.54, 1.807) is 4.90 Å². The van der Waals surface area contributed by atoms with Crippen molar-refractivity contribution in [2.75, 3.05) is 32.1 Å². The number of rotatable bonds is 4. The third-order valence-corrected chi connectivity index (χ3v) is 4.21. The molecule has 0 unspecified atom stereocenters. The van der Waals surface area contributed by atoms with E-state index < -0.39 is 0 Å². The maximum Gasteiger partial charge on any atom is 0.248 e. The van der Waals surface area contributed by atoms with Gasteiger partial charge in [0.15, 0.2) is 5.13 Å². The molecule has 0 bridgehead atoms. The second-order valence-corrected chi connectivity index (χ2v) is 5.73. The van der Waals surface area contributed by atoms with Crippen molar-refractivity contribution >= 4 is 28.3 Å². The van der Waals surface area contributed by atoms with Gasteiger partial charge in [0.2, 0.25) is 11.8 Å². The first-order valence-electron chi connectivity index (χ1n) is 6.60. The molecule has 1 aromatic heterocycles. The maximum absolute atomic E-state index is 12.1. The van der Waals surface area contributed by atoms with E-state index in [9.17, 15) is 9.59 Å². The van der Waals surface area contributed by atoms with Gasteiger partial charge >= 0.3 is 0 Å². The zero-order valence-electron chi connectivity index (χ0n) is 11.7. The van der Waals surface area contributed by atoms with Crippen molar-refractivity contribution < 1.29 is 14.3 Å². The van der Waals surface area contributed by atoms with Crippen LogP contribution in [0, 0.1) is 12.8 Å². The third kappa shape index (κ3) is 3.77. The summed E-state index contributed by atoms with van der Waals surface area (Å²) < 4.78 is 4.84. The molecule has 2 heterocycles. The molecule has 1 aliphatic heterocycles. The maximum atomic E-state index is 12.1. The molecule has 7 heteroatoms. The summed E-state index contributed by atoms with van der Waals surface area (Å²) >= 11 is 1.43. The lowest BCUT2D eigenvalue weighted by Crippen LogP contribution is -2.42. The van der Waals surface area contributed by atoms with E-state index in [-0.39, 0.29) is 24.3 Å². The number of nitrogens with one attached hydrogen (secondary N) is 1. The largest absolute Gasteiger partial charge is 0.375 e. The molecule has 110 valence electrons. The first-order chi connectivity index (χ1) is 9.60. The number of thiazole rings is 1. The number of carbonyl (C=O) groups is 2. The van der Waals surface area contributed by atoms with Crippen molar-refractivity contribution in [2.24, 2.45) is 5.92 Å². The number of ether oxygens (including phenoxy) is 1. The Morgan fingerprint density at radius 2 is 2.20 bits per heavy atom. The van der Waals surface area contributed by atoms with Gasteiger partial charge in [-0.3, -0.25) is 9.59 Å². The summed E-state index contributed by atoms with van der Waals surface area (Å²) in [5.41, 5.74) is 0.908. The van der Waals surface area contributed by atoms with Crippen LogP contribution in [0.5, 0.6) is 0 Å². The lowest BCUT2D eigenvalue weighted by atomic mass is 9.96. The average molecular weight is 297 g/mol. The Hall–Kier alpha value is -1.47. The van der Waals surface area contributed by atoms with Crippen LogP contribution in [0.3, 0.4) is 0 Å². The molecule has 0 aliphatic carbocycles. The van der Waals surface area contributed by atoms with E-state index in [2.05, 4.69) is 10.3 Å². The Morgan fingerprint density at radius 1 is 1.50 bits per heavy atom. The molecule has 2 rings (SSSR count). The molecule has 1 aromatic rings. The van der Waals surface area contributed by atoms with Crippen LogP contribution in [0.1, 0.15) is 18.5 Å². The normalized spacial score (nSPS) is 16.2. The Morgan fingerprint density at radius 3 is 2.75 bits per heavy atom. The summed E-state index contributed by atoms with van der Waals surface area (Å²) in [5, 5.41) is 5.39. The van der Waals surface area contributed by atoms with Crippen molar-refractivity contribution in [3.05, 3.63) is 11.1 Å². The molecular weight excluding hydrogens is 278 g/mol. The Bertz CT molecular complexity index is 481. The topological polar surface area (TPSA) is 71.5 Å². The van der Waals surface area contributed by atoms with Crippen LogP contribution in [0.2, 0.25) is 0 Å². The quantitative estimate of drug-likeness (QED) is 0.908. The number of nitrogens with zero attached hydrogens (tertiary/aromatic N) is 2. The molecule has 2 amide bonds. The second-order valence-electron chi connectivity index (χ2n) is 4.87. The fraction of sp³-hybridized carbons (Fsp3) is 0.615. The van der Waals surface area contributed by atoms with Crippen LogP contribution in [0.15, 0.2) is 5.38 Å². The Labute approximate surface area is 122 Å². The molecule has 0 radical (unpaired) electrons. The fourth-order valence-corrected chi connectivity index (χ4v) is 2.92. The highest BCUT2D eigenvalue weighted by Gasteiger charge is 2.27. The summed E-state index contributed by atoms with van der Waals surface area (Å²) in [7, 11) is 1.51. The first-order valence-corrected chi connectivity index (χ1v) is 7.48. The van der Waals surface area contributed by atoms with Crippen molar-refractivity contribution in [3.8, 4) is 0 Å². The molecule has 1 saturated heterocycles. The summed E-state index contributed by atoms with van der Waals surface area (Å²) in [6.45, 7) is 3.22. The SMILES string of the molecule is COCC(=O)N1CCC(C(=O)Nc2nc(C)cs2)CC1. The highest BCUT2D eigenvalue weighted by Crippen LogP contribution is 2.21. The predicted molar refractivity (Wildman–Crippen MR) is 76.7 cm³/mol. The highest BCUT2D eigenvalue weighted by atomic mass is 32.1. The van der Waals surface area contributed by atoms with Gasteiger partial charge in [-0.15, -0.1) is 11.3 Å². The minimum atomic E-state index is -0.0502. The number of hydrogen-bond acceptors (Lipinski definition) is 5. The highest BCUT2D eigenvalue weighted by molar-refractivity contribution is 7.13. The molecule has 0 atom stereocenters. The molecule has 0 spiro atoms. The van der Waals surface area contributed by atoms with E-state index in [1.807, 2.05) is 12.3 Å². The van der Waals surface area contributed by atoms with Gasteiger partial charge in [-0.25, -0.2) is 4.98 Å². The number of likely N-dealkylation sites (tertiary alicyclic amines) is 1. The number of anilines is 1. The van der Waals surface area contributed by atoms with E-state index in [4.69, 9.17) is 4.74 Å². The molecule has 1 fully saturated rings. The number of piperidine rings is 1. The minimum Gasteiger partial charge on any atom is -0.375 e. The van der Waals surface area contributed by atoms with Gasteiger partial charge in [0.25, 0.3) is 0 Å². The average Bonchev–Trinajstić information content (AvgIpc) is 2.84. The summed E-state index contributed by atoms with van der Waals surface area (Å²) in [6, 6.07) is 0. The molecule has 1 aliphatic rings. The minimum absolute atomic E-state index is 0.00168. The molecule has 20 heavy (non-hydrogen) atoms. The van der Waals surface area contributed by atoms with Gasteiger partial charge in [-0.2, -0.15) is 0 Å². The van der Waals surface area contributed by atoms with Crippen LogP contribution in [0.25, 0.3) is 0 Å². The number of aryl methyl sites for hydroxylation is 1. The van der Waals surface area contributed by atoms with E-state index in [1.165, 1.54) is 18.4 Å². The van der Waals surface area contributed by atoms with Crippen LogP contribution in [0.4, 0.5) is 5.13 Å². The summed E-state index contributed by atoms with van der Waals surface area (Å²) in [6.07, 6.45) is 1.37. The van der Waals surface area contributed by atoms with Crippen molar-refractivity contribution in [2.45, 2.75) is 19.8 Å². The summed E-state index contributed by atoms with van der Waals surface area (Å²) in [5.74, 6) is -0.0640. The van der Waals surface area contributed by atoms with Gasteiger partial charge in [-0.1, -0.05) is 0 Å². The molecule has 0 saturated carbocycles. The van der Waals surface area contributed by atoms with Crippen molar-refractivity contribution in [1.82, 2.24) is 9.88 Å². The number of methoxy groups -OCH3 is 1.